The number of ether oxygens (including phenoxy) is 1. The Morgan fingerprint density at radius 2 is 2.14 bits per heavy atom. The van der Waals surface area contributed by atoms with Gasteiger partial charge in [0.2, 0.25) is 10.0 Å². The Morgan fingerprint density at radius 1 is 1.48 bits per heavy atom. The predicted octanol–water partition coefficient (Wildman–Crippen LogP) is 2.33. The van der Waals surface area contributed by atoms with Crippen LogP contribution in [0.15, 0.2) is 17.0 Å². The number of hydrogen-bond acceptors (Lipinski definition) is 4. The molecule has 2 unspecified atom stereocenters. The molecule has 8 heteroatoms. The Kier molecular flexibility index (Phi) is 4.87. The topological polar surface area (TPSA) is 75.6 Å². The molecule has 0 saturated carbocycles. The average Bonchev–Trinajstić information content (AvgIpc) is 2.70. The van der Waals surface area contributed by atoms with Gasteiger partial charge in [-0.3, -0.25) is 0 Å². The van der Waals surface area contributed by atoms with E-state index in [0.717, 1.165) is 0 Å². The van der Waals surface area contributed by atoms with E-state index in [-0.39, 0.29) is 26.6 Å². The summed E-state index contributed by atoms with van der Waals surface area (Å²) in [4.78, 5) is -0.138. The maximum absolute atomic E-state index is 12.6. The number of aliphatic hydroxyl groups excluding tert-OH is 1. The fourth-order valence-corrected chi connectivity index (χ4v) is 4.68. The zero-order valence-electron chi connectivity index (χ0n) is 11.7. The van der Waals surface area contributed by atoms with Crippen LogP contribution in [0.1, 0.15) is 25.8 Å². The molecule has 21 heavy (non-hydrogen) atoms. The Balaban J connectivity index is 2.43. The lowest BCUT2D eigenvalue weighted by molar-refractivity contribution is 0.0957. The molecule has 0 bridgehead atoms. The van der Waals surface area contributed by atoms with Gasteiger partial charge >= 0.3 is 0 Å². The molecule has 0 spiro atoms. The van der Waals surface area contributed by atoms with Crippen molar-refractivity contribution in [2.75, 3.05) is 6.61 Å². The molecule has 5 nitrogen and oxygen atoms in total. The van der Waals surface area contributed by atoms with Crippen LogP contribution < -0.4 is 4.72 Å². The molecular weight excluding hydrogens is 337 g/mol. The molecule has 1 saturated heterocycles. The monoisotopic (exact) mass is 353 g/mol. The van der Waals surface area contributed by atoms with E-state index in [0.29, 0.717) is 13.0 Å². The highest BCUT2D eigenvalue weighted by Gasteiger charge is 2.41. The molecule has 1 aliphatic rings. The molecule has 1 aromatic carbocycles. The van der Waals surface area contributed by atoms with Gasteiger partial charge in [0.05, 0.1) is 23.3 Å². The van der Waals surface area contributed by atoms with Crippen LogP contribution in [0.4, 0.5) is 0 Å². The van der Waals surface area contributed by atoms with Crippen LogP contribution in [-0.2, 0) is 21.4 Å². The van der Waals surface area contributed by atoms with Gasteiger partial charge < -0.3 is 9.84 Å². The first-order chi connectivity index (χ1) is 9.69. The van der Waals surface area contributed by atoms with E-state index >= 15 is 0 Å². The van der Waals surface area contributed by atoms with Crippen LogP contribution in [-0.4, -0.2) is 31.8 Å². The summed E-state index contributed by atoms with van der Waals surface area (Å²) in [6, 6.07) is 2.71. The molecule has 1 aromatic rings. The minimum Gasteiger partial charge on any atom is -0.392 e. The van der Waals surface area contributed by atoms with Crippen molar-refractivity contribution in [1.29, 1.82) is 0 Å². The zero-order chi connectivity index (χ0) is 15.8. The first-order valence-electron chi connectivity index (χ1n) is 6.44. The molecule has 2 rings (SSSR count). The fourth-order valence-electron chi connectivity index (χ4n) is 2.26. The third kappa shape index (κ3) is 3.36. The van der Waals surface area contributed by atoms with Crippen molar-refractivity contribution in [1.82, 2.24) is 4.72 Å². The van der Waals surface area contributed by atoms with E-state index in [1.807, 2.05) is 6.92 Å². The van der Waals surface area contributed by atoms with Crippen LogP contribution >= 0.6 is 23.2 Å². The van der Waals surface area contributed by atoms with Gasteiger partial charge in [-0.25, -0.2) is 13.1 Å². The number of aliphatic hydroxyl groups is 1. The molecule has 1 heterocycles. The van der Waals surface area contributed by atoms with Crippen molar-refractivity contribution in [3.8, 4) is 0 Å². The van der Waals surface area contributed by atoms with Crippen LogP contribution in [0, 0.1) is 0 Å². The van der Waals surface area contributed by atoms with Crippen LogP contribution in [0.5, 0.6) is 0 Å². The first kappa shape index (κ1) is 17.0. The van der Waals surface area contributed by atoms with E-state index in [1.165, 1.54) is 12.1 Å². The van der Waals surface area contributed by atoms with Crippen molar-refractivity contribution in [3.05, 3.63) is 27.7 Å². The number of nitrogens with one attached hydrogen (secondary N) is 1. The number of hydrogen-bond donors (Lipinski definition) is 2. The zero-order valence-corrected chi connectivity index (χ0v) is 14.0. The van der Waals surface area contributed by atoms with Gasteiger partial charge in [0.1, 0.15) is 4.90 Å². The second-order valence-corrected chi connectivity index (χ2v) is 7.79. The quantitative estimate of drug-likeness (QED) is 0.870. The van der Waals surface area contributed by atoms with Crippen LogP contribution in [0.3, 0.4) is 0 Å². The molecule has 2 N–H and O–H groups in total. The summed E-state index contributed by atoms with van der Waals surface area (Å²) >= 11 is 12.0. The van der Waals surface area contributed by atoms with Crippen LogP contribution in [0.25, 0.3) is 0 Å². The second-order valence-electron chi connectivity index (χ2n) is 5.32. The minimum atomic E-state index is -3.88. The molecule has 0 amide bonds. The predicted molar refractivity (Wildman–Crippen MR) is 81.1 cm³/mol. The number of sulfonamides is 1. The molecular formula is C13H17Cl2NO4S. The van der Waals surface area contributed by atoms with E-state index in [1.54, 1.807) is 6.92 Å². The number of halogens is 2. The van der Waals surface area contributed by atoms with Crippen molar-refractivity contribution < 1.29 is 18.3 Å². The van der Waals surface area contributed by atoms with Gasteiger partial charge in [-0.2, -0.15) is 0 Å². The van der Waals surface area contributed by atoms with Gasteiger partial charge in [0.25, 0.3) is 0 Å². The first-order valence-corrected chi connectivity index (χ1v) is 8.68. The lowest BCUT2D eigenvalue weighted by Crippen LogP contribution is -2.50. The van der Waals surface area contributed by atoms with E-state index in [2.05, 4.69) is 4.72 Å². The maximum atomic E-state index is 12.6. The highest BCUT2D eigenvalue weighted by molar-refractivity contribution is 7.89. The normalized spacial score (nSPS) is 26.2. The summed E-state index contributed by atoms with van der Waals surface area (Å²) in [6.07, 6.45) is 0.320. The molecule has 1 aliphatic heterocycles. The Morgan fingerprint density at radius 3 is 2.67 bits per heavy atom. The molecule has 0 aliphatic carbocycles. The standard InChI is InChI=1S/C13H17Cl2NO4S/c1-8-13(2,3-4-20-8)16-21(18,19)11-6-10(14)5-9(7-17)12(11)15/h5-6,8,16-17H,3-4,7H2,1-2H3. The van der Waals surface area contributed by atoms with Gasteiger partial charge in [-0.1, -0.05) is 23.2 Å². The summed E-state index contributed by atoms with van der Waals surface area (Å²) in [5.41, 5.74) is -0.436. The SMILES string of the molecule is CC1OCCC1(C)NS(=O)(=O)c1cc(Cl)cc(CO)c1Cl. The second kappa shape index (κ2) is 6.02. The molecule has 2 atom stereocenters. The summed E-state index contributed by atoms with van der Waals surface area (Å²) < 4.78 is 33.2. The van der Waals surface area contributed by atoms with Crippen LogP contribution in [0.2, 0.25) is 10.0 Å². The lowest BCUT2D eigenvalue weighted by atomic mass is 9.97. The highest BCUT2D eigenvalue weighted by Crippen LogP contribution is 2.32. The molecule has 1 fully saturated rings. The Labute approximate surface area is 134 Å². The summed E-state index contributed by atoms with van der Waals surface area (Å²) in [5, 5.41) is 9.41. The van der Waals surface area contributed by atoms with Gasteiger partial charge in [0, 0.05) is 11.6 Å². The Hall–Kier alpha value is -0.370. The Bertz CT molecular complexity index is 650. The fraction of sp³-hybridized carbons (Fsp3) is 0.538. The third-order valence-electron chi connectivity index (χ3n) is 3.79. The largest absolute Gasteiger partial charge is 0.392 e. The lowest BCUT2D eigenvalue weighted by Gasteiger charge is -2.28. The molecule has 0 radical (unpaired) electrons. The smallest absolute Gasteiger partial charge is 0.242 e. The third-order valence-corrected chi connectivity index (χ3v) is 6.21. The van der Waals surface area contributed by atoms with E-state index in [4.69, 9.17) is 27.9 Å². The summed E-state index contributed by atoms with van der Waals surface area (Å²) in [6.45, 7) is 3.70. The summed E-state index contributed by atoms with van der Waals surface area (Å²) in [7, 11) is -3.88. The van der Waals surface area contributed by atoms with Gasteiger partial charge in [0.15, 0.2) is 0 Å². The highest BCUT2D eigenvalue weighted by atomic mass is 35.5. The minimum absolute atomic E-state index is 0.0235. The van der Waals surface area contributed by atoms with Crippen molar-refractivity contribution >= 4 is 33.2 Å². The van der Waals surface area contributed by atoms with E-state index in [9.17, 15) is 13.5 Å². The van der Waals surface area contributed by atoms with Crippen molar-refractivity contribution in [2.45, 2.75) is 43.4 Å². The number of benzene rings is 1. The molecule has 0 aromatic heterocycles. The maximum Gasteiger partial charge on any atom is 0.242 e. The van der Waals surface area contributed by atoms with Crippen molar-refractivity contribution in [3.63, 3.8) is 0 Å². The van der Waals surface area contributed by atoms with E-state index < -0.39 is 22.2 Å². The average molecular weight is 354 g/mol. The van der Waals surface area contributed by atoms with Gasteiger partial charge in [-0.05, 0) is 38.0 Å². The summed E-state index contributed by atoms with van der Waals surface area (Å²) in [5.74, 6) is 0. The molecule has 118 valence electrons. The van der Waals surface area contributed by atoms with Crippen molar-refractivity contribution in [2.24, 2.45) is 0 Å². The van der Waals surface area contributed by atoms with Gasteiger partial charge in [-0.15, -0.1) is 0 Å². The number of rotatable bonds is 4.